The number of fused-ring (bicyclic) bond motifs is 1. The highest BCUT2D eigenvalue weighted by Gasteiger charge is 2.17. The van der Waals surface area contributed by atoms with E-state index in [4.69, 9.17) is 0 Å². The van der Waals surface area contributed by atoms with E-state index in [0.29, 0.717) is 5.39 Å². The van der Waals surface area contributed by atoms with Gasteiger partial charge < -0.3 is 4.90 Å². The monoisotopic (exact) mass is 372 g/mol. The van der Waals surface area contributed by atoms with E-state index in [2.05, 4.69) is 10.1 Å². The second-order valence-corrected chi connectivity index (χ2v) is 7.69. The van der Waals surface area contributed by atoms with Crippen molar-refractivity contribution < 1.29 is 16.8 Å². The predicted octanol–water partition coefficient (Wildman–Crippen LogP) is -0.195. The minimum atomic E-state index is -3.72. The van der Waals surface area contributed by atoms with Gasteiger partial charge in [0.25, 0.3) is 0 Å². The van der Waals surface area contributed by atoms with Gasteiger partial charge in [0.05, 0.1) is 4.90 Å². The molecule has 132 valence electrons. The van der Waals surface area contributed by atoms with Gasteiger partial charge in [0.15, 0.2) is 0 Å². The average Bonchev–Trinajstić information content (AvgIpc) is 2.52. The maximum atomic E-state index is 12.5. The molecule has 0 aliphatic rings. The number of anilines is 1. The van der Waals surface area contributed by atoms with E-state index < -0.39 is 20.9 Å². The van der Waals surface area contributed by atoms with E-state index in [1.165, 1.54) is 0 Å². The third-order valence-corrected chi connectivity index (χ3v) is 5.20. The number of hydrazine groups is 1. The lowest BCUT2D eigenvalue weighted by molar-refractivity contribution is 0.563. The summed E-state index contributed by atoms with van der Waals surface area (Å²) in [5.74, 6) is 0. The molecule has 0 amide bonds. The lowest BCUT2D eigenvalue weighted by Gasteiger charge is -2.17. The summed E-state index contributed by atoms with van der Waals surface area (Å²) in [7, 11) is -2.69. The highest BCUT2D eigenvalue weighted by atomic mass is 32.2. The Balaban J connectivity index is 2.26. The van der Waals surface area contributed by atoms with Crippen LogP contribution in [0.1, 0.15) is 0 Å². The van der Waals surface area contributed by atoms with Gasteiger partial charge in [0.1, 0.15) is 0 Å². The molecular formula is C14H20N4O4S2. The Labute approximate surface area is 143 Å². The molecule has 0 spiro atoms. The molecule has 2 aromatic carbocycles. The topological polar surface area (TPSA) is 108 Å². The maximum absolute atomic E-state index is 12.5. The van der Waals surface area contributed by atoms with Gasteiger partial charge in [0.2, 0.25) is 20.9 Å². The van der Waals surface area contributed by atoms with Crippen LogP contribution in [0.3, 0.4) is 0 Å². The fourth-order valence-electron chi connectivity index (χ4n) is 2.33. The zero-order valence-electron chi connectivity index (χ0n) is 13.3. The molecule has 0 aliphatic heterocycles. The van der Waals surface area contributed by atoms with E-state index in [0.717, 1.165) is 11.1 Å². The lowest BCUT2D eigenvalue weighted by Crippen LogP contribution is -2.38. The van der Waals surface area contributed by atoms with E-state index >= 15 is 0 Å². The van der Waals surface area contributed by atoms with Crippen LogP contribution in [0.4, 0.5) is 5.69 Å². The molecule has 10 heteroatoms. The summed E-state index contributed by atoms with van der Waals surface area (Å²) in [6.45, 7) is 0.165. The molecule has 0 aromatic heterocycles. The summed E-state index contributed by atoms with van der Waals surface area (Å²) in [6, 6.07) is 10.6. The molecule has 2 aromatic rings. The smallest absolute Gasteiger partial charge is 0.241 e. The molecule has 2 rings (SSSR count). The first-order valence-corrected chi connectivity index (χ1v) is 9.80. The summed E-state index contributed by atoms with van der Waals surface area (Å²) >= 11 is 0. The molecule has 0 atom stereocenters. The van der Waals surface area contributed by atoms with Gasteiger partial charge in [-0.05, 0) is 12.1 Å². The molecule has 0 saturated carbocycles. The number of hydrogen-bond acceptors (Lipinski definition) is 6. The number of nitrogens with zero attached hydrogens (tertiary/aromatic N) is 1. The summed E-state index contributed by atoms with van der Waals surface area (Å²) < 4.78 is 48.2. The first-order chi connectivity index (χ1) is 11.3. The molecule has 0 saturated heterocycles. The van der Waals surface area contributed by atoms with Gasteiger partial charge in [-0.3, -0.25) is 0 Å². The van der Waals surface area contributed by atoms with Gasteiger partial charge in [0, 0.05) is 43.6 Å². The van der Waals surface area contributed by atoms with Crippen LogP contribution >= 0.6 is 0 Å². The van der Waals surface area contributed by atoms with Crippen molar-refractivity contribution in [3.05, 3.63) is 36.4 Å². The summed E-state index contributed by atoms with van der Waals surface area (Å²) in [6.07, 6.45) is 0. The van der Waals surface area contributed by atoms with Crippen molar-refractivity contribution in [1.82, 2.24) is 15.0 Å². The predicted molar refractivity (Wildman–Crippen MR) is 94.9 cm³/mol. The van der Waals surface area contributed by atoms with Crippen LogP contribution in [-0.2, 0) is 20.9 Å². The van der Waals surface area contributed by atoms with Crippen LogP contribution < -0.4 is 19.9 Å². The minimum Gasteiger partial charge on any atom is -0.377 e. The third-order valence-electron chi connectivity index (χ3n) is 3.34. The van der Waals surface area contributed by atoms with E-state index in [-0.39, 0.29) is 18.0 Å². The lowest BCUT2D eigenvalue weighted by atomic mass is 10.1. The SMILES string of the molecule is CN(C)c1cccc2c(S(=O)(=O)NCCNN[SH](=O)=O)cccc12. The van der Waals surface area contributed by atoms with Crippen LogP contribution in [-0.4, -0.2) is 44.0 Å². The molecule has 8 nitrogen and oxygen atoms in total. The molecular weight excluding hydrogens is 352 g/mol. The third kappa shape index (κ3) is 4.42. The van der Waals surface area contributed by atoms with Crippen LogP contribution in [0.25, 0.3) is 10.8 Å². The number of hydrogen-bond donors (Lipinski definition) is 4. The first-order valence-electron chi connectivity index (χ1n) is 7.14. The Bertz CT molecular complexity index is 887. The number of nitrogens with one attached hydrogen (secondary N) is 3. The standard InChI is InChI=1S/C14H20N4O4S2/c1-18(2)13-7-3-6-12-11(13)5-4-8-14(12)24(21,22)16-10-9-15-17-23(19)20/h3-8,15-16,23H,9-10H2,1-2H3,(H,17,19,20). The minimum absolute atomic E-state index is 0.0439. The molecule has 0 heterocycles. The number of thiol groups is 1. The fourth-order valence-corrected chi connectivity index (χ4v) is 3.83. The van der Waals surface area contributed by atoms with Gasteiger partial charge in [-0.2, -0.15) is 4.83 Å². The zero-order valence-corrected chi connectivity index (χ0v) is 15.0. The summed E-state index contributed by atoms with van der Waals surface area (Å²) in [5, 5.41) is 1.47. The van der Waals surface area contributed by atoms with Crippen molar-refractivity contribution in [3.63, 3.8) is 0 Å². The highest BCUT2D eigenvalue weighted by molar-refractivity contribution is 7.89. The quantitative estimate of drug-likeness (QED) is 0.291. The van der Waals surface area contributed by atoms with Gasteiger partial charge in [-0.25, -0.2) is 27.0 Å². The maximum Gasteiger partial charge on any atom is 0.241 e. The van der Waals surface area contributed by atoms with Crippen LogP contribution in [0.15, 0.2) is 41.3 Å². The number of sulfonamides is 1. The molecule has 0 bridgehead atoms. The second kappa shape index (κ2) is 7.90. The molecule has 0 aliphatic carbocycles. The van der Waals surface area contributed by atoms with Crippen LogP contribution in [0, 0.1) is 0 Å². The Morgan fingerprint density at radius 3 is 2.33 bits per heavy atom. The molecule has 0 fully saturated rings. The Hall–Kier alpha value is -1.72. The number of rotatable bonds is 8. The molecule has 0 unspecified atom stereocenters. The molecule has 3 N–H and O–H groups in total. The highest BCUT2D eigenvalue weighted by Crippen LogP contribution is 2.29. The average molecular weight is 372 g/mol. The molecule has 24 heavy (non-hydrogen) atoms. The van der Waals surface area contributed by atoms with Crippen molar-refractivity contribution in [2.75, 3.05) is 32.1 Å². The van der Waals surface area contributed by atoms with E-state index in [9.17, 15) is 16.8 Å². The zero-order chi connectivity index (χ0) is 17.7. The summed E-state index contributed by atoms with van der Waals surface area (Å²) in [5.41, 5.74) is 3.32. The molecule has 0 radical (unpaired) electrons. The van der Waals surface area contributed by atoms with E-state index in [1.54, 1.807) is 18.2 Å². The van der Waals surface area contributed by atoms with Crippen molar-refractivity contribution in [3.8, 4) is 0 Å². The van der Waals surface area contributed by atoms with Gasteiger partial charge in [-0.15, -0.1) is 0 Å². The first kappa shape index (κ1) is 18.6. The largest absolute Gasteiger partial charge is 0.377 e. The van der Waals surface area contributed by atoms with Crippen molar-refractivity contribution in [1.29, 1.82) is 0 Å². The normalized spacial score (nSPS) is 12.0. The van der Waals surface area contributed by atoms with Crippen molar-refractivity contribution in [2.24, 2.45) is 0 Å². The van der Waals surface area contributed by atoms with Gasteiger partial charge >= 0.3 is 0 Å². The Morgan fingerprint density at radius 1 is 1.00 bits per heavy atom. The van der Waals surface area contributed by atoms with Crippen molar-refractivity contribution >= 4 is 37.4 Å². The van der Waals surface area contributed by atoms with Gasteiger partial charge in [-0.1, -0.05) is 24.3 Å². The Morgan fingerprint density at radius 2 is 1.67 bits per heavy atom. The van der Waals surface area contributed by atoms with Crippen LogP contribution in [0.5, 0.6) is 0 Å². The van der Waals surface area contributed by atoms with Crippen LogP contribution in [0.2, 0.25) is 0 Å². The fraction of sp³-hybridized carbons (Fsp3) is 0.286. The number of benzene rings is 2. The summed E-state index contributed by atoms with van der Waals surface area (Å²) in [4.78, 5) is 4.09. The Kier molecular flexibility index (Phi) is 6.13. The van der Waals surface area contributed by atoms with Crippen molar-refractivity contribution in [2.45, 2.75) is 4.90 Å². The second-order valence-electron chi connectivity index (χ2n) is 5.22. The van der Waals surface area contributed by atoms with E-state index in [1.807, 2.05) is 42.0 Å².